The highest BCUT2D eigenvalue weighted by Crippen LogP contribution is 2.31. The molecule has 0 spiro atoms. The molecule has 1 N–H and O–H groups in total. The molecule has 2 heterocycles. The lowest BCUT2D eigenvalue weighted by molar-refractivity contribution is -0.136. The number of Topliss-reactive ketones (excluding diaryl/α,β-unsaturated/α-hetero) is 2. The lowest BCUT2D eigenvalue weighted by Gasteiger charge is -2.24. The maximum Gasteiger partial charge on any atom is 0.241 e. The van der Waals surface area contributed by atoms with Crippen LogP contribution in [0.3, 0.4) is 0 Å². The molecular formula is C19H22N2O3S. The first-order chi connectivity index (χ1) is 12.1. The van der Waals surface area contributed by atoms with Gasteiger partial charge in [-0.1, -0.05) is 24.3 Å². The molecule has 4 rings (SSSR count). The molecule has 2 fully saturated rings. The summed E-state index contributed by atoms with van der Waals surface area (Å²) < 4.78 is 0. The summed E-state index contributed by atoms with van der Waals surface area (Å²) in [7, 11) is 0. The van der Waals surface area contributed by atoms with Crippen LogP contribution in [0.2, 0.25) is 0 Å². The predicted octanol–water partition coefficient (Wildman–Crippen LogP) is 1.51. The smallest absolute Gasteiger partial charge is 0.241 e. The highest BCUT2D eigenvalue weighted by atomic mass is 32.2. The van der Waals surface area contributed by atoms with Crippen LogP contribution in [0.1, 0.15) is 28.8 Å². The predicted molar refractivity (Wildman–Crippen MR) is 96.5 cm³/mol. The number of thioether (sulfide) groups is 1. The Balaban J connectivity index is 1.42. The highest BCUT2D eigenvalue weighted by molar-refractivity contribution is 7.99. The Morgan fingerprint density at radius 1 is 1.28 bits per heavy atom. The van der Waals surface area contributed by atoms with E-state index >= 15 is 0 Å². The largest absolute Gasteiger partial charge is 0.331 e. The number of fused-ring (bicyclic) bond motifs is 1. The van der Waals surface area contributed by atoms with Crippen molar-refractivity contribution in [3.8, 4) is 0 Å². The number of hydrogen-bond donors (Lipinski definition) is 1. The minimum atomic E-state index is -0.412. The molecule has 3 aliphatic rings. The van der Waals surface area contributed by atoms with Crippen molar-refractivity contribution in [2.45, 2.75) is 25.3 Å². The van der Waals surface area contributed by atoms with Gasteiger partial charge in [-0.15, -0.1) is 11.8 Å². The van der Waals surface area contributed by atoms with Gasteiger partial charge in [0.25, 0.3) is 0 Å². The van der Waals surface area contributed by atoms with Gasteiger partial charge in [0.15, 0.2) is 5.78 Å². The third-order valence-electron chi connectivity index (χ3n) is 5.53. The fourth-order valence-electron chi connectivity index (χ4n) is 4.17. The maximum atomic E-state index is 12.9. The van der Waals surface area contributed by atoms with Crippen LogP contribution >= 0.6 is 11.8 Å². The molecule has 0 aromatic heterocycles. The molecule has 5 nitrogen and oxygen atoms in total. The number of carbonyl (C=O) groups excluding carboxylic acids is 3. The van der Waals surface area contributed by atoms with Crippen LogP contribution < -0.4 is 5.32 Å². The van der Waals surface area contributed by atoms with Crippen LogP contribution in [0.4, 0.5) is 0 Å². The molecule has 1 aliphatic carbocycles. The molecule has 132 valence electrons. The molecule has 2 saturated heterocycles. The van der Waals surface area contributed by atoms with Crippen molar-refractivity contribution < 1.29 is 14.4 Å². The number of hydrogen-bond acceptors (Lipinski definition) is 5. The van der Waals surface area contributed by atoms with Crippen LogP contribution in [0, 0.1) is 11.8 Å². The second-order valence-electron chi connectivity index (χ2n) is 7.06. The number of carbonyl (C=O) groups is 3. The van der Waals surface area contributed by atoms with Crippen molar-refractivity contribution >= 4 is 29.2 Å². The van der Waals surface area contributed by atoms with E-state index in [1.165, 1.54) is 0 Å². The molecule has 0 radical (unpaired) electrons. The molecule has 1 aromatic rings. The molecular weight excluding hydrogens is 336 g/mol. The molecule has 25 heavy (non-hydrogen) atoms. The molecule has 1 aromatic carbocycles. The van der Waals surface area contributed by atoms with Crippen molar-refractivity contribution in [1.82, 2.24) is 10.2 Å². The maximum absolute atomic E-state index is 12.9. The fourth-order valence-corrected chi connectivity index (χ4v) is 5.13. The summed E-state index contributed by atoms with van der Waals surface area (Å²) in [5.41, 5.74) is 1.79. The van der Waals surface area contributed by atoms with Gasteiger partial charge in [-0.2, -0.15) is 0 Å². The minimum absolute atomic E-state index is 0.0434. The summed E-state index contributed by atoms with van der Waals surface area (Å²) in [6.07, 6.45) is 1.57. The van der Waals surface area contributed by atoms with Gasteiger partial charge in [0.2, 0.25) is 5.91 Å². The standard InChI is InChI=1S/C19H22N2O3S/c22-16(10-13-9-12-3-1-2-4-14(12)18(13)23)15-5-6-20-17(15)19(24)21-7-8-25-11-21/h1-4,13,15,17,20H,5-11H2/t13?,15?,17-/m1/s1. The SMILES string of the molecule is O=C1c2ccccc2CC1CC(=O)C1CCN[C@H]1C(=O)N1CCSC1. The summed E-state index contributed by atoms with van der Waals surface area (Å²) in [6, 6.07) is 7.19. The van der Waals surface area contributed by atoms with E-state index in [0.717, 1.165) is 23.4 Å². The molecule has 0 saturated carbocycles. The molecule has 0 bridgehead atoms. The van der Waals surface area contributed by atoms with Gasteiger partial charge >= 0.3 is 0 Å². The second-order valence-corrected chi connectivity index (χ2v) is 8.13. The minimum Gasteiger partial charge on any atom is -0.331 e. The second kappa shape index (κ2) is 6.92. The van der Waals surface area contributed by atoms with E-state index < -0.39 is 6.04 Å². The average molecular weight is 358 g/mol. The summed E-state index contributed by atoms with van der Waals surface area (Å²) in [5.74, 6) is 1.30. The molecule has 1 amide bonds. The molecule has 2 unspecified atom stereocenters. The Labute approximate surface area is 151 Å². The Bertz CT molecular complexity index is 714. The van der Waals surface area contributed by atoms with E-state index in [1.54, 1.807) is 11.8 Å². The van der Waals surface area contributed by atoms with E-state index in [1.807, 2.05) is 29.2 Å². The van der Waals surface area contributed by atoms with Gasteiger partial charge in [0, 0.05) is 36.1 Å². The lowest BCUT2D eigenvalue weighted by atomic mass is 9.87. The van der Waals surface area contributed by atoms with Gasteiger partial charge in [0.05, 0.1) is 11.9 Å². The van der Waals surface area contributed by atoms with E-state index in [-0.39, 0.29) is 35.7 Å². The normalized spacial score (nSPS) is 28.4. The van der Waals surface area contributed by atoms with Crippen LogP contribution in [0.15, 0.2) is 24.3 Å². The number of nitrogens with one attached hydrogen (secondary N) is 1. The summed E-state index contributed by atoms with van der Waals surface area (Å²) in [5, 5.41) is 3.21. The van der Waals surface area contributed by atoms with Crippen LogP contribution in [-0.2, 0) is 16.0 Å². The number of benzene rings is 1. The monoisotopic (exact) mass is 358 g/mol. The quantitative estimate of drug-likeness (QED) is 0.884. The first-order valence-electron chi connectivity index (χ1n) is 8.90. The van der Waals surface area contributed by atoms with Gasteiger partial charge in [-0.3, -0.25) is 14.4 Å². The van der Waals surface area contributed by atoms with Crippen LogP contribution in [0.5, 0.6) is 0 Å². The van der Waals surface area contributed by atoms with Crippen molar-refractivity contribution in [3.05, 3.63) is 35.4 Å². The third kappa shape index (κ3) is 3.13. The van der Waals surface area contributed by atoms with Crippen molar-refractivity contribution in [3.63, 3.8) is 0 Å². The van der Waals surface area contributed by atoms with Gasteiger partial charge in [-0.25, -0.2) is 0 Å². The van der Waals surface area contributed by atoms with Gasteiger partial charge < -0.3 is 10.2 Å². The van der Waals surface area contributed by atoms with Crippen molar-refractivity contribution in [2.24, 2.45) is 11.8 Å². The first kappa shape index (κ1) is 16.8. The Morgan fingerprint density at radius 2 is 2.12 bits per heavy atom. The average Bonchev–Trinajstić information content (AvgIpc) is 3.35. The summed E-state index contributed by atoms with van der Waals surface area (Å²) >= 11 is 1.75. The van der Waals surface area contributed by atoms with Crippen LogP contribution in [0.25, 0.3) is 0 Å². The van der Waals surface area contributed by atoms with Gasteiger partial charge in [0.1, 0.15) is 5.78 Å². The first-order valence-corrected chi connectivity index (χ1v) is 10.1. The Morgan fingerprint density at radius 3 is 2.88 bits per heavy atom. The number of amides is 1. The number of nitrogens with zero attached hydrogens (tertiary/aromatic N) is 1. The Kier molecular flexibility index (Phi) is 4.65. The lowest BCUT2D eigenvalue weighted by Crippen LogP contribution is -2.47. The summed E-state index contributed by atoms with van der Waals surface area (Å²) in [4.78, 5) is 39.9. The third-order valence-corrected chi connectivity index (χ3v) is 6.50. The van der Waals surface area contributed by atoms with Gasteiger partial charge in [-0.05, 0) is 24.9 Å². The number of ketones is 2. The van der Waals surface area contributed by atoms with E-state index in [2.05, 4.69) is 5.32 Å². The van der Waals surface area contributed by atoms with E-state index in [4.69, 9.17) is 0 Å². The fraction of sp³-hybridized carbons (Fsp3) is 0.526. The topological polar surface area (TPSA) is 66.5 Å². The van der Waals surface area contributed by atoms with Crippen molar-refractivity contribution in [2.75, 3.05) is 24.7 Å². The summed E-state index contributed by atoms with van der Waals surface area (Å²) in [6.45, 7) is 1.45. The molecule has 6 heteroatoms. The van der Waals surface area contributed by atoms with E-state index in [9.17, 15) is 14.4 Å². The molecule has 2 aliphatic heterocycles. The Hall–Kier alpha value is -1.66. The zero-order valence-corrected chi connectivity index (χ0v) is 14.9. The number of rotatable bonds is 4. The highest BCUT2D eigenvalue weighted by Gasteiger charge is 2.42. The molecule has 3 atom stereocenters. The van der Waals surface area contributed by atoms with E-state index in [0.29, 0.717) is 25.3 Å². The zero-order valence-electron chi connectivity index (χ0n) is 14.1. The van der Waals surface area contributed by atoms with Crippen molar-refractivity contribution in [1.29, 1.82) is 0 Å². The van der Waals surface area contributed by atoms with Crippen LogP contribution in [-0.4, -0.2) is 53.1 Å². The zero-order chi connectivity index (χ0) is 17.4.